The molecule has 8 aromatic carbocycles. The van der Waals surface area contributed by atoms with Crippen LogP contribution in [-0.4, -0.2) is 0 Å². The molecule has 1 aliphatic heterocycles. The third kappa shape index (κ3) is 2.87. The molecular formula is C45H26O. The topological polar surface area (TPSA) is 9.23 Å². The van der Waals surface area contributed by atoms with Gasteiger partial charge in [-0.25, -0.2) is 0 Å². The van der Waals surface area contributed by atoms with Crippen LogP contribution in [-0.2, 0) is 5.41 Å². The van der Waals surface area contributed by atoms with Gasteiger partial charge in [0.05, 0.1) is 5.41 Å². The predicted molar refractivity (Wildman–Crippen MR) is 189 cm³/mol. The molecule has 0 saturated carbocycles. The highest BCUT2D eigenvalue weighted by molar-refractivity contribution is 6.09. The molecule has 2 aliphatic carbocycles. The number of hydrogen-bond acceptors (Lipinski definition) is 1. The molecule has 1 unspecified atom stereocenters. The fraction of sp³-hybridized carbons (Fsp3) is 0.0222. The first-order chi connectivity index (χ1) is 22.8. The van der Waals surface area contributed by atoms with E-state index < -0.39 is 5.41 Å². The molecule has 3 aliphatic rings. The fourth-order valence-corrected chi connectivity index (χ4v) is 8.95. The van der Waals surface area contributed by atoms with E-state index in [1.807, 2.05) is 0 Å². The summed E-state index contributed by atoms with van der Waals surface area (Å²) in [5.41, 5.74) is 15.1. The van der Waals surface area contributed by atoms with E-state index in [-0.39, 0.29) is 0 Å². The summed E-state index contributed by atoms with van der Waals surface area (Å²) in [6.45, 7) is 0. The molecule has 0 aromatic heterocycles. The molecule has 46 heavy (non-hydrogen) atoms. The van der Waals surface area contributed by atoms with Crippen molar-refractivity contribution >= 4 is 21.5 Å². The van der Waals surface area contributed by atoms with Crippen LogP contribution in [0.1, 0.15) is 22.3 Å². The van der Waals surface area contributed by atoms with Gasteiger partial charge in [-0.2, -0.15) is 0 Å². The molecule has 0 fully saturated rings. The number of para-hydroxylation sites is 1. The monoisotopic (exact) mass is 582 g/mol. The lowest BCUT2D eigenvalue weighted by Crippen LogP contribution is -2.26. The van der Waals surface area contributed by atoms with Crippen molar-refractivity contribution in [3.63, 3.8) is 0 Å². The van der Waals surface area contributed by atoms with Gasteiger partial charge in [0.1, 0.15) is 11.5 Å². The number of rotatable bonds is 1. The zero-order valence-electron chi connectivity index (χ0n) is 24.9. The molecule has 212 valence electrons. The number of benzene rings is 8. The summed E-state index contributed by atoms with van der Waals surface area (Å²) in [5, 5.41) is 4.97. The summed E-state index contributed by atoms with van der Waals surface area (Å²) in [6, 6.07) is 58.2. The maximum absolute atomic E-state index is 6.63. The highest BCUT2D eigenvalue weighted by atomic mass is 16.5. The van der Waals surface area contributed by atoms with Crippen molar-refractivity contribution in [2.75, 3.05) is 0 Å². The summed E-state index contributed by atoms with van der Waals surface area (Å²) < 4.78 is 6.63. The van der Waals surface area contributed by atoms with Crippen LogP contribution in [0.5, 0.6) is 11.5 Å². The summed E-state index contributed by atoms with van der Waals surface area (Å²) >= 11 is 0. The Bertz CT molecular complexity index is 2630. The van der Waals surface area contributed by atoms with Crippen molar-refractivity contribution in [2.24, 2.45) is 0 Å². The molecule has 1 heterocycles. The third-order valence-corrected chi connectivity index (χ3v) is 10.6. The first-order valence-electron chi connectivity index (χ1n) is 16.0. The van der Waals surface area contributed by atoms with Gasteiger partial charge in [-0.1, -0.05) is 140 Å². The van der Waals surface area contributed by atoms with Crippen LogP contribution in [0.3, 0.4) is 0 Å². The summed E-state index contributed by atoms with van der Waals surface area (Å²) in [5.74, 6) is 1.83. The Labute approximate surface area is 267 Å². The van der Waals surface area contributed by atoms with E-state index in [2.05, 4.69) is 158 Å². The van der Waals surface area contributed by atoms with E-state index in [4.69, 9.17) is 4.74 Å². The molecule has 11 rings (SSSR count). The van der Waals surface area contributed by atoms with Crippen LogP contribution >= 0.6 is 0 Å². The van der Waals surface area contributed by atoms with Crippen LogP contribution in [0.4, 0.5) is 0 Å². The van der Waals surface area contributed by atoms with Gasteiger partial charge in [-0.15, -0.1) is 0 Å². The molecule has 0 radical (unpaired) electrons. The van der Waals surface area contributed by atoms with Gasteiger partial charge in [0.15, 0.2) is 0 Å². The van der Waals surface area contributed by atoms with Crippen molar-refractivity contribution in [3.05, 3.63) is 180 Å². The second-order valence-corrected chi connectivity index (χ2v) is 12.8. The normalized spacial score (nSPS) is 16.1. The second-order valence-electron chi connectivity index (χ2n) is 12.8. The first kappa shape index (κ1) is 24.4. The van der Waals surface area contributed by atoms with E-state index >= 15 is 0 Å². The van der Waals surface area contributed by atoms with Crippen LogP contribution in [0, 0.1) is 0 Å². The zero-order valence-corrected chi connectivity index (χ0v) is 24.9. The highest BCUT2D eigenvalue weighted by Gasteiger charge is 2.52. The maximum atomic E-state index is 6.63. The Morgan fingerprint density at radius 3 is 1.96 bits per heavy atom. The van der Waals surface area contributed by atoms with E-state index in [9.17, 15) is 0 Å². The molecule has 0 saturated heterocycles. The quantitative estimate of drug-likeness (QED) is 0.187. The van der Waals surface area contributed by atoms with Gasteiger partial charge >= 0.3 is 0 Å². The molecule has 0 N–H and O–H groups in total. The van der Waals surface area contributed by atoms with Gasteiger partial charge in [-0.3, -0.25) is 0 Å². The number of ether oxygens (including phenoxy) is 1. The van der Waals surface area contributed by atoms with E-state index in [0.717, 1.165) is 17.1 Å². The Kier molecular flexibility index (Phi) is 4.57. The maximum Gasteiger partial charge on any atom is 0.136 e. The van der Waals surface area contributed by atoms with Crippen molar-refractivity contribution in [1.82, 2.24) is 0 Å². The minimum Gasteiger partial charge on any atom is -0.456 e. The molecule has 1 atom stereocenters. The average molecular weight is 583 g/mol. The molecule has 1 spiro atoms. The van der Waals surface area contributed by atoms with Gasteiger partial charge in [0, 0.05) is 10.9 Å². The Hall–Kier alpha value is -5.92. The fourth-order valence-electron chi connectivity index (χ4n) is 8.95. The molecule has 8 aromatic rings. The summed E-state index contributed by atoms with van der Waals surface area (Å²) in [7, 11) is 0. The van der Waals surface area contributed by atoms with E-state index in [1.54, 1.807) is 0 Å². The smallest absolute Gasteiger partial charge is 0.136 e. The number of fused-ring (bicyclic) bond motifs is 14. The lowest BCUT2D eigenvalue weighted by Gasteiger charge is -2.31. The van der Waals surface area contributed by atoms with Gasteiger partial charge < -0.3 is 4.74 Å². The van der Waals surface area contributed by atoms with E-state index in [1.165, 1.54) is 82.7 Å². The average Bonchev–Trinajstić information content (AvgIpc) is 3.59. The third-order valence-electron chi connectivity index (χ3n) is 10.6. The van der Waals surface area contributed by atoms with E-state index in [0.29, 0.717) is 0 Å². The standard InChI is InChI=1S/C45H26O/c1-2-13-31-27(11-1)23-24-35-32-14-3-6-19-37(32)45(44(31)35)38-20-7-4-16-36(38)43-30(17-10-21-39(43)45)29-25-28-12-9-18-34-33-15-5-8-22-40(33)46-41(26-29)42(28)34/h1-26H. The van der Waals surface area contributed by atoms with Crippen LogP contribution < -0.4 is 4.74 Å². The Morgan fingerprint density at radius 1 is 0.391 bits per heavy atom. The summed E-state index contributed by atoms with van der Waals surface area (Å²) in [6.07, 6.45) is 0. The van der Waals surface area contributed by atoms with Gasteiger partial charge in [-0.05, 0) is 95.6 Å². The predicted octanol–water partition coefficient (Wildman–Crippen LogP) is 11.8. The Balaban J connectivity index is 1.25. The highest BCUT2D eigenvalue weighted by Crippen LogP contribution is 2.65. The van der Waals surface area contributed by atoms with Gasteiger partial charge in [0.25, 0.3) is 0 Å². The van der Waals surface area contributed by atoms with Crippen LogP contribution in [0.15, 0.2) is 158 Å². The molecule has 1 nitrogen and oxygen atoms in total. The van der Waals surface area contributed by atoms with Crippen molar-refractivity contribution in [2.45, 2.75) is 5.41 Å². The molecule has 1 heteroatoms. The lowest BCUT2D eigenvalue weighted by molar-refractivity contribution is 0.487. The Morgan fingerprint density at radius 2 is 1.04 bits per heavy atom. The van der Waals surface area contributed by atoms with Crippen molar-refractivity contribution < 1.29 is 4.74 Å². The first-order valence-corrected chi connectivity index (χ1v) is 16.0. The van der Waals surface area contributed by atoms with Crippen molar-refractivity contribution in [1.29, 1.82) is 0 Å². The molecular weight excluding hydrogens is 556 g/mol. The van der Waals surface area contributed by atoms with Gasteiger partial charge in [0.2, 0.25) is 0 Å². The summed E-state index contributed by atoms with van der Waals surface area (Å²) in [4.78, 5) is 0. The molecule has 0 bridgehead atoms. The van der Waals surface area contributed by atoms with Crippen molar-refractivity contribution in [3.8, 4) is 56.0 Å². The zero-order chi connectivity index (χ0) is 30.0. The van der Waals surface area contributed by atoms with Crippen LogP contribution in [0.2, 0.25) is 0 Å². The minimum absolute atomic E-state index is 0.414. The van der Waals surface area contributed by atoms with Crippen LogP contribution in [0.25, 0.3) is 66.1 Å². The number of hydrogen-bond donors (Lipinski definition) is 0. The largest absolute Gasteiger partial charge is 0.456 e. The second kappa shape index (κ2) is 8.62. The molecule has 0 amide bonds. The minimum atomic E-state index is -0.414. The lowest BCUT2D eigenvalue weighted by atomic mass is 9.69. The SMILES string of the molecule is c1ccc2c(c1)Oc1cc(-c3cccc4c3-c3ccccc3C43c4ccccc4-c4ccc5ccccc5c43)cc3cccc-2c13.